The molecule has 0 aromatic heterocycles. The highest BCUT2D eigenvalue weighted by Crippen LogP contribution is 2.10. The largest absolute Gasteiger partial charge is 0.384 e. The van der Waals surface area contributed by atoms with Gasteiger partial charge in [0.1, 0.15) is 5.84 Å². The van der Waals surface area contributed by atoms with Gasteiger partial charge < -0.3 is 5.73 Å². The van der Waals surface area contributed by atoms with Gasteiger partial charge in [-0.3, -0.25) is 4.99 Å². The van der Waals surface area contributed by atoms with Crippen molar-refractivity contribution >= 4 is 23.5 Å². The third-order valence-electron chi connectivity index (χ3n) is 2.60. The zero-order valence-corrected chi connectivity index (χ0v) is 11.2. The molecule has 2 aromatic rings. The topological polar surface area (TPSA) is 38.4 Å². The van der Waals surface area contributed by atoms with Crippen molar-refractivity contribution in [3.8, 4) is 0 Å². The molecular formula is C16H15ClN2. The van der Waals surface area contributed by atoms with E-state index >= 15 is 0 Å². The number of nitrogens with two attached hydrogens (primary N) is 1. The van der Waals surface area contributed by atoms with Gasteiger partial charge in [0.2, 0.25) is 0 Å². The fourth-order valence-electron chi connectivity index (χ4n) is 1.57. The number of halogens is 1. The second kappa shape index (κ2) is 6.76. The number of amidine groups is 1. The van der Waals surface area contributed by atoms with Crippen LogP contribution in [0, 0.1) is 0 Å². The molecule has 0 aliphatic heterocycles. The van der Waals surface area contributed by atoms with Crippen LogP contribution in [0.3, 0.4) is 0 Å². The third-order valence-corrected chi connectivity index (χ3v) is 2.86. The molecule has 2 rings (SSSR count). The van der Waals surface area contributed by atoms with Crippen molar-refractivity contribution in [1.82, 2.24) is 0 Å². The molecule has 96 valence electrons. The number of hydrogen-bond acceptors (Lipinski definition) is 1. The predicted octanol–water partition coefficient (Wildman–Crippen LogP) is 3.91. The minimum absolute atomic E-state index is 0.513. The van der Waals surface area contributed by atoms with E-state index in [1.807, 2.05) is 60.7 Å². The summed E-state index contributed by atoms with van der Waals surface area (Å²) in [5.41, 5.74) is 8.02. The predicted molar refractivity (Wildman–Crippen MR) is 82.3 cm³/mol. The van der Waals surface area contributed by atoms with Gasteiger partial charge in [0.05, 0.1) is 6.54 Å². The minimum Gasteiger partial charge on any atom is -0.384 e. The van der Waals surface area contributed by atoms with Crippen molar-refractivity contribution in [2.45, 2.75) is 6.54 Å². The van der Waals surface area contributed by atoms with E-state index in [2.05, 4.69) is 4.99 Å². The first-order valence-electron chi connectivity index (χ1n) is 6.01. The summed E-state index contributed by atoms with van der Waals surface area (Å²) in [6.07, 6.45) is 3.71. The number of hydrogen-bond donors (Lipinski definition) is 1. The standard InChI is InChI=1S/C16H15ClN2/c17-15-9-6-13(7-10-15)8-11-16(18)19-12-14-4-2-1-3-5-14/h1-11H,12H2,(H2,18,19). The van der Waals surface area contributed by atoms with Crippen LogP contribution in [0.2, 0.25) is 5.02 Å². The van der Waals surface area contributed by atoms with Crippen LogP contribution in [-0.4, -0.2) is 5.84 Å². The second-order valence-electron chi connectivity index (χ2n) is 4.11. The number of nitrogens with zero attached hydrogens (tertiary/aromatic N) is 1. The molecule has 0 radical (unpaired) electrons. The molecular weight excluding hydrogens is 256 g/mol. The van der Waals surface area contributed by atoms with Crippen molar-refractivity contribution < 1.29 is 0 Å². The molecule has 2 aromatic carbocycles. The number of aliphatic imine (C=N–C) groups is 1. The smallest absolute Gasteiger partial charge is 0.118 e. The SMILES string of the molecule is NC(C=Cc1ccc(Cl)cc1)=NCc1ccccc1. The average molecular weight is 271 g/mol. The summed E-state index contributed by atoms with van der Waals surface area (Å²) in [5, 5.41) is 0.725. The van der Waals surface area contributed by atoms with Crippen molar-refractivity contribution in [1.29, 1.82) is 0 Å². The van der Waals surface area contributed by atoms with Crippen LogP contribution in [0.1, 0.15) is 11.1 Å². The Hall–Kier alpha value is -2.06. The maximum Gasteiger partial charge on any atom is 0.118 e. The summed E-state index contributed by atoms with van der Waals surface area (Å²) in [7, 11) is 0. The van der Waals surface area contributed by atoms with Crippen LogP contribution < -0.4 is 5.73 Å². The Kier molecular flexibility index (Phi) is 4.76. The van der Waals surface area contributed by atoms with Gasteiger partial charge in [-0.05, 0) is 29.3 Å². The van der Waals surface area contributed by atoms with Gasteiger partial charge in [-0.25, -0.2) is 0 Å². The van der Waals surface area contributed by atoms with Gasteiger partial charge in [-0.15, -0.1) is 0 Å². The van der Waals surface area contributed by atoms with Gasteiger partial charge in [0.15, 0.2) is 0 Å². The number of benzene rings is 2. The highest BCUT2D eigenvalue weighted by Gasteiger charge is 1.91. The lowest BCUT2D eigenvalue weighted by atomic mass is 10.2. The van der Waals surface area contributed by atoms with E-state index in [1.54, 1.807) is 6.08 Å². The quantitative estimate of drug-likeness (QED) is 0.664. The Morgan fingerprint density at radius 2 is 1.74 bits per heavy atom. The molecule has 3 heteroatoms. The average Bonchev–Trinajstić information content (AvgIpc) is 2.45. The van der Waals surface area contributed by atoms with Crippen LogP contribution >= 0.6 is 11.6 Å². The fraction of sp³-hybridized carbons (Fsp3) is 0.0625. The van der Waals surface area contributed by atoms with Crippen LogP contribution in [-0.2, 0) is 6.54 Å². The molecule has 0 amide bonds. The Morgan fingerprint density at radius 1 is 1.05 bits per heavy atom. The fourth-order valence-corrected chi connectivity index (χ4v) is 1.70. The van der Waals surface area contributed by atoms with E-state index in [9.17, 15) is 0 Å². The summed E-state index contributed by atoms with van der Waals surface area (Å²) in [6.45, 7) is 0.595. The Morgan fingerprint density at radius 3 is 2.42 bits per heavy atom. The lowest BCUT2D eigenvalue weighted by Crippen LogP contribution is -2.07. The summed E-state index contributed by atoms with van der Waals surface area (Å²) in [4.78, 5) is 4.31. The molecule has 19 heavy (non-hydrogen) atoms. The molecule has 0 spiro atoms. The van der Waals surface area contributed by atoms with Crippen LogP contribution in [0.25, 0.3) is 6.08 Å². The van der Waals surface area contributed by atoms with E-state index in [0.29, 0.717) is 12.4 Å². The first-order valence-corrected chi connectivity index (χ1v) is 6.39. The van der Waals surface area contributed by atoms with E-state index < -0.39 is 0 Å². The van der Waals surface area contributed by atoms with Crippen LogP contribution in [0.15, 0.2) is 65.7 Å². The Bertz CT molecular complexity index is 571. The Labute approximate surface area is 118 Å². The highest BCUT2D eigenvalue weighted by molar-refractivity contribution is 6.30. The summed E-state index contributed by atoms with van der Waals surface area (Å²) in [6, 6.07) is 17.6. The van der Waals surface area contributed by atoms with Crippen molar-refractivity contribution in [2.75, 3.05) is 0 Å². The summed E-state index contributed by atoms with van der Waals surface area (Å²) < 4.78 is 0. The molecule has 2 nitrogen and oxygen atoms in total. The van der Waals surface area contributed by atoms with Gasteiger partial charge in [0, 0.05) is 5.02 Å². The van der Waals surface area contributed by atoms with Gasteiger partial charge in [-0.1, -0.05) is 60.1 Å². The monoisotopic (exact) mass is 270 g/mol. The lowest BCUT2D eigenvalue weighted by Gasteiger charge is -1.97. The molecule has 0 unspecified atom stereocenters. The zero-order valence-electron chi connectivity index (χ0n) is 10.5. The van der Waals surface area contributed by atoms with E-state index in [0.717, 1.165) is 16.1 Å². The zero-order chi connectivity index (χ0) is 13.5. The molecule has 0 aliphatic rings. The highest BCUT2D eigenvalue weighted by atomic mass is 35.5. The van der Waals surface area contributed by atoms with Crippen LogP contribution in [0.5, 0.6) is 0 Å². The summed E-state index contributed by atoms with van der Waals surface area (Å²) >= 11 is 5.82. The number of rotatable bonds is 4. The lowest BCUT2D eigenvalue weighted by molar-refractivity contribution is 1.06. The molecule has 0 atom stereocenters. The molecule has 0 saturated heterocycles. The maximum absolute atomic E-state index is 5.84. The van der Waals surface area contributed by atoms with Crippen molar-refractivity contribution in [3.05, 3.63) is 76.8 Å². The Balaban J connectivity index is 1.96. The van der Waals surface area contributed by atoms with Crippen molar-refractivity contribution in [3.63, 3.8) is 0 Å². The normalized spacial score (nSPS) is 11.9. The van der Waals surface area contributed by atoms with E-state index in [1.165, 1.54) is 0 Å². The summed E-state index contributed by atoms with van der Waals surface area (Å²) in [5.74, 6) is 0.513. The molecule has 0 bridgehead atoms. The molecule has 0 aliphatic carbocycles. The maximum atomic E-state index is 5.84. The van der Waals surface area contributed by atoms with Gasteiger partial charge in [-0.2, -0.15) is 0 Å². The first-order chi connectivity index (χ1) is 9.24. The van der Waals surface area contributed by atoms with Crippen molar-refractivity contribution in [2.24, 2.45) is 10.7 Å². The first kappa shape index (κ1) is 13.4. The third kappa shape index (κ3) is 4.60. The van der Waals surface area contributed by atoms with Crippen LogP contribution in [0.4, 0.5) is 0 Å². The van der Waals surface area contributed by atoms with E-state index in [-0.39, 0.29) is 0 Å². The molecule has 0 heterocycles. The van der Waals surface area contributed by atoms with Gasteiger partial charge in [0.25, 0.3) is 0 Å². The second-order valence-corrected chi connectivity index (χ2v) is 4.55. The van der Waals surface area contributed by atoms with Gasteiger partial charge >= 0.3 is 0 Å². The molecule has 0 fully saturated rings. The minimum atomic E-state index is 0.513. The molecule has 0 saturated carbocycles. The van der Waals surface area contributed by atoms with E-state index in [4.69, 9.17) is 17.3 Å². The molecule has 2 N–H and O–H groups in total.